The molecule has 0 atom stereocenters. The fourth-order valence-corrected chi connectivity index (χ4v) is 3.64. The van der Waals surface area contributed by atoms with E-state index in [4.69, 9.17) is 0 Å². The highest BCUT2D eigenvalue weighted by Gasteiger charge is 2.28. The number of carbonyl (C=O) groups excluding carboxylic acids is 1. The molecule has 4 heteroatoms. The minimum Gasteiger partial charge on any atom is -0.390 e. The van der Waals surface area contributed by atoms with Gasteiger partial charge in [-0.15, -0.1) is 0 Å². The van der Waals surface area contributed by atoms with Gasteiger partial charge in [-0.2, -0.15) is 0 Å². The van der Waals surface area contributed by atoms with E-state index in [-0.39, 0.29) is 5.91 Å². The maximum absolute atomic E-state index is 12.7. The summed E-state index contributed by atoms with van der Waals surface area (Å²) < 4.78 is 0. The number of aromatic amines is 1. The molecule has 1 aliphatic heterocycles. The summed E-state index contributed by atoms with van der Waals surface area (Å²) in [7, 11) is 0. The zero-order valence-electron chi connectivity index (χ0n) is 14.2. The van der Waals surface area contributed by atoms with Gasteiger partial charge in [-0.25, -0.2) is 0 Å². The van der Waals surface area contributed by atoms with Crippen molar-refractivity contribution in [3.8, 4) is 0 Å². The molecule has 1 saturated heterocycles. The number of amides is 1. The van der Waals surface area contributed by atoms with Crippen molar-refractivity contribution in [3.63, 3.8) is 0 Å². The molecule has 0 radical (unpaired) electrons. The predicted molar refractivity (Wildman–Crippen MR) is 92.6 cm³/mol. The number of hydrogen-bond donors (Lipinski definition) is 2. The van der Waals surface area contributed by atoms with Crippen LogP contribution in [0, 0.1) is 12.8 Å². The van der Waals surface area contributed by atoms with Crippen LogP contribution in [0.2, 0.25) is 0 Å². The quantitative estimate of drug-likeness (QED) is 0.911. The average Bonchev–Trinajstić information content (AvgIpc) is 2.91. The summed E-state index contributed by atoms with van der Waals surface area (Å²) in [6.07, 6.45) is 2.74. The lowest BCUT2D eigenvalue weighted by Crippen LogP contribution is -2.40. The molecule has 0 saturated carbocycles. The van der Waals surface area contributed by atoms with E-state index in [1.807, 2.05) is 36.9 Å². The molecule has 1 aromatic heterocycles. The van der Waals surface area contributed by atoms with E-state index in [0.717, 1.165) is 43.3 Å². The number of likely N-dealkylation sites (tertiary alicyclic amines) is 1. The molecule has 0 bridgehead atoms. The highest BCUT2D eigenvalue weighted by molar-refractivity contribution is 5.98. The summed E-state index contributed by atoms with van der Waals surface area (Å²) in [4.78, 5) is 17.9. The van der Waals surface area contributed by atoms with E-state index in [0.29, 0.717) is 11.6 Å². The topological polar surface area (TPSA) is 56.3 Å². The van der Waals surface area contributed by atoms with Gasteiger partial charge in [-0.3, -0.25) is 4.79 Å². The second-order valence-electron chi connectivity index (χ2n) is 7.47. The van der Waals surface area contributed by atoms with Crippen LogP contribution in [0.15, 0.2) is 24.3 Å². The largest absolute Gasteiger partial charge is 0.390 e. The van der Waals surface area contributed by atoms with Gasteiger partial charge in [0.1, 0.15) is 5.69 Å². The minimum absolute atomic E-state index is 0.0855. The number of aromatic nitrogens is 1. The smallest absolute Gasteiger partial charge is 0.270 e. The predicted octanol–water partition coefficient (Wildman–Crippen LogP) is 3.49. The van der Waals surface area contributed by atoms with Crippen LogP contribution >= 0.6 is 0 Å². The Morgan fingerprint density at radius 2 is 2.04 bits per heavy atom. The lowest BCUT2D eigenvalue weighted by molar-refractivity contribution is 0.0357. The lowest BCUT2D eigenvalue weighted by Gasteiger charge is -2.34. The first-order valence-corrected chi connectivity index (χ1v) is 8.43. The van der Waals surface area contributed by atoms with E-state index in [1.165, 1.54) is 5.56 Å². The Morgan fingerprint density at radius 1 is 1.35 bits per heavy atom. The lowest BCUT2D eigenvalue weighted by atomic mass is 9.86. The third kappa shape index (κ3) is 3.58. The second kappa shape index (κ2) is 6.00. The van der Waals surface area contributed by atoms with E-state index in [9.17, 15) is 9.90 Å². The summed E-state index contributed by atoms with van der Waals surface area (Å²) in [5, 5.41) is 11.1. The van der Waals surface area contributed by atoms with Gasteiger partial charge in [0.2, 0.25) is 0 Å². The third-order valence-electron chi connectivity index (χ3n) is 4.80. The summed E-state index contributed by atoms with van der Waals surface area (Å²) in [5.41, 5.74) is 2.26. The highest BCUT2D eigenvalue weighted by Crippen LogP contribution is 2.27. The van der Waals surface area contributed by atoms with E-state index in [2.05, 4.69) is 18.0 Å². The molecule has 0 unspecified atom stereocenters. The molecule has 4 nitrogen and oxygen atoms in total. The minimum atomic E-state index is -0.619. The molecule has 1 aliphatic rings. The van der Waals surface area contributed by atoms with Gasteiger partial charge in [0.15, 0.2) is 0 Å². The molecule has 2 N–H and O–H groups in total. The standard InChI is InChI=1S/C19H26N2O2/c1-13-5-4-6-16-15(13)11-17(20-16)18(22)21-9-7-14(8-10-21)12-19(2,3)23/h4-6,11,14,20,23H,7-10,12H2,1-3H3. The van der Waals surface area contributed by atoms with Gasteiger partial charge in [-0.1, -0.05) is 12.1 Å². The highest BCUT2D eigenvalue weighted by atomic mass is 16.3. The molecule has 23 heavy (non-hydrogen) atoms. The SMILES string of the molecule is Cc1cccc2[nH]c(C(=O)N3CCC(CC(C)(C)O)CC3)cc12. The number of piperidine rings is 1. The zero-order chi connectivity index (χ0) is 16.6. The van der Waals surface area contributed by atoms with Crippen molar-refractivity contribution in [2.75, 3.05) is 13.1 Å². The van der Waals surface area contributed by atoms with Crippen molar-refractivity contribution in [1.82, 2.24) is 9.88 Å². The van der Waals surface area contributed by atoms with E-state index >= 15 is 0 Å². The molecular formula is C19H26N2O2. The molecule has 0 spiro atoms. The van der Waals surface area contributed by atoms with Gasteiger partial charge in [0.05, 0.1) is 5.60 Å². The van der Waals surface area contributed by atoms with Crippen LogP contribution < -0.4 is 0 Å². The van der Waals surface area contributed by atoms with Gasteiger partial charge in [0.25, 0.3) is 5.91 Å². The van der Waals surface area contributed by atoms with Crippen molar-refractivity contribution in [1.29, 1.82) is 0 Å². The molecular weight excluding hydrogens is 288 g/mol. The number of rotatable bonds is 3. The summed E-state index contributed by atoms with van der Waals surface area (Å²) >= 11 is 0. The number of aryl methyl sites for hydroxylation is 1. The average molecular weight is 314 g/mol. The van der Waals surface area contributed by atoms with Crippen LogP contribution in [-0.4, -0.2) is 39.6 Å². The maximum atomic E-state index is 12.7. The Labute approximate surface area is 137 Å². The van der Waals surface area contributed by atoms with Crippen LogP contribution in [0.4, 0.5) is 0 Å². The van der Waals surface area contributed by atoms with Crippen LogP contribution in [0.25, 0.3) is 10.9 Å². The Morgan fingerprint density at radius 3 is 2.65 bits per heavy atom. The van der Waals surface area contributed by atoms with E-state index in [1.54, 1.807) is 0 Å². The monoisotopic (exact) mass is 314 g/mol. The first-order chi connectivity index (χ1) is 10.8. The fraction of sp³-hybridized carbons (Fsp3) is 0.526. The molecule has 0 aliphatic carbocycles. The molecule has 124 valence electrons. The number of carbonyl (C=O) groups is 1. The number of nitrogens with one attached hydrogen (secondary N) is 1. The summed E-state index contributed by atoms with van der Waals surface area (Å²) in [5.74, 6) is 0.589. The molecule has 2 aromatic rings. The molecule has 2 heterocycles. The number of aliphatic hydroxyl groups is 1. The van der Waals surface area contributed by atoms with Gasteiger partial charge in [0, 0.05) is 24.0 Å². The van der Waals surface area contributed by atoms with Gasteiger partial charge < -0.3 is 15.0 Å². The Balaban J connectivity index is 1.68. The summed E-state index contributed by atoms with van der Waals surface area (Å²) in [6, 6.07) is 8.04. The van der Waals surface area contributed by atoms with Crippen molar-refractivity contribution in [3.05, 3.63) is 35.5 Å². The molecule has 3 rings (SSSR count). The number of fused-ring (bicyclic) bond motifs is 1. The molecule has 1 amide bonds. The van der Waals surface area contributed by atoms with Crippen LogP contribution in [0.5, 0.6) is 0 Å². The molecule has 1 fully saturated rings. The van der Waals surface area contributed by atoms with Crippen molar-refractivity contribution in [2.24, 2.45) is 5.92 Å². The normalized spacial score (nSPS) is 17.0. The van der Waals surface area contributed by atoms with Gasteiger partial charge >= 0.3 is 0 Å². The number of nitrogens with zero attached hydrogens (tertiary/aromatic N) is 1. The Kier molecular flexibility index (Phi) is 4.19. The molecule has 1 aromatic carbocycles. The van der Waals surface area contributed by atoms with Crippen LogP contribution in [0.3, 0.4) is 0 Å². The summed E-state index contributed by atoms with van der Waals surface area (Å²) in [6.45, 7) is 7.32. The Hall–Kier alpha value is -1.81. The zero-order valence-corrected chi connectivity index (χ0v) is 14.2. The van der Waals surface area contributed by atoms with E-state index < -0.39 is 5.60 Å². The van der Waals surface area contributed by atoms with Crippen LogP contribution in [-0.2, 0) is 0 Å². The third-order valence-corrected chi connectivity index (χ3v) is 4.80. The van der Waals surface area contributed by atoms with Crippen LogP contribution in [0.1, 0.15) is 49.2 Å². The Bertz CT molecular complexity index is 704. The fourth-order valence-electron chi connectivity index (χ4n) is 3.64. The first-order valence-electron chi connectivity index (χ1n) is 8.43. The maximum Gasteiger partial charge on any atom is 0.270 e. The van der Waals surface area contributed by atoms with Gasteiger partial charge in [-0.05, 0) is 63.6 Å². The van der Waals surface area contributed by atoms with Crippen molar-refractivity contribution in [2.45, 2.75) is 45.6 Å². The number of benzene rings is 1. The first kappa shape index (κ1) is 16.1. The number of H-pyrrole nitrogens is 1. The number of hydrogen-bond acceptors (Lipinski definition) is 2. The second-order valence-corrected chi connectivity index (χ2v) is 7.47. The van der Waals surface area contributed by atoms with Crippen molar-refractivity contribution >= 4 is 16.8 Å². The van der Waals surface area contributed by atoms with Crippen molar-refractivity contribution < 1.29 is 9.90 Å².